The molecule has 1 saturated carbocycles. The van der Waals surface area contributed by atoms with E-state index in [4.69, 9.17) is 0 Å². The Morgan fingerprint density at radius 2 is 1.92 bits per heavy atom. The molecule has 3 aliphatic rings. The van der Waals surface area contributed by atoms with E-state index >= 15 is 0 Å². The van der Waals surface area contributed by atoms with Crippen LogP contribution < -0.4 is 10.6 Å². The van der Waals surface area contributed by atoms with Crippen LogP contribution in [0.4, 0.5) is 0 Å². The van der Waals surface area contributed by atoms with E-state index in [9.17, 15) is 0 Å². The first-order valence-corrected chi connectivity index (χ1v) is 10.0. The van der Waals surface area contributed by atoms with Crippen molar-refractivity contribution in [2.45, 2.75) is 64.6 Å². The Bertz CT molecular complexity index is 440. The number of halogens is 1. The topological polar surface area (TPSA) is 42.9 Å². The maximum Gasteiger partial charge on any atom is 0.191 e. The van der Waals surface area contributed by atoms with Crippen molar-refractivity contribution in [3.8, 4) is 0 Å². The molecule has 1 aliphatic carbocycles. The summed E-state index contributed by atoms with van der Waals surface area (Å²) in [5.41, 5.74) is 0. The molecule has 5 nitrogen and oxygen atoms in total. The molecule has 0 spiro atoms. The van der Waals surface area contributed by atoms with E-state index in [1.54, 1.807) is 0 Å². The summed E-state index contributed by atoms with van der Waals surface area (Å²) in [7, 11) is 1.89. The maximum absolute atomic E-state index is 4.46. The Morgan fingerprint density at radius 1 is 1.16 bits per heavy atom. The van der Waals surface area contributed by atoms with Gasteiger partial charge in [0.25, 0.3) is 0 Å². The Kier molecular flexibility index (Phi) is 8.27. The molecule has 0 amide bonds. The normalized spacial score (nSPS) is 33.0. The minimum Gasteiger partial charge on any atom is -0.355 e. The first-order chi connectivity index (χ1) is 11.6. The van der Waals surface area contributed by atoms with Crippen molar-refractivity contribution in [3.05, 3.63) is 0 Å². The number of nitrogens with one attached hydrogen (secondary N) is 2. The lowest BCUT2D eigenvalue weighted by Crippen LogP contribution is -2.51. The number of hydrogen-bond acceptors (Lipinski definition) is 3. The Labute approximate surface area is 171 Å². The molecule has 2 aliphatic heterocycles. The second kappa shape index (κ2) is 9.74. The number of nitrogens with zero attached hydrogens (tertiary/aromatic N) is 3. The number of aliphatic imine (C=N–C) groups is 1. The fourth-order valence-corrected chi connectivity index (χ4v) is 4.30. The molecule has 2 saturated heterocycles. The Balaban J connectivity index is 0.00000225. The lowest BCUT2D eigenvalue weighted by atomic mass is 9.99. The van der Waals surface area contributed by atoms with Gasteiger partial charge in [-0.1, -0.05) is 13.8 Å². The van der Waals surface area contributed by atoms with Gasteiger partial charge >= 0.3 is 0 Å². The lowest BCUT2D eigenvalue weighted by molar-refractivity contribution is 0.139. The van der Waals surface area contributed by atoms with Crippen LogP contribution in [0.1, 0.15) is 46.5 Å². The minimum atomic E-state index is 0. The number of rotatable bonds is 5. The highest BCUT2D eigenvalue weighted by Crippen LogP contribution is 2.31. The summed E-state index contributed by atoms with van der Waals surface area (Å²) < 4.78 is 0. The van der Waals surface area contributed by atoms with E-state index in [-0.39, 0.29) is 24.0 Å². The molecule has 4 atom stereocenters. The molecule has 2 heterocycles. The van der Waals surface area contributed by atoms with Crippen molar-refractivity contribution in [2.24, 2.45) is 16.8 Å². The van der Waals surface area contributed by atoms with Crippen molar-refractivity contribution < 1.29 is 0 Å². The molecule has 0 radical (unpaired) electrons. The molecular weight excluding hydrogens is 425 g/mol. The van der Waals surface area contributed by atoms with Gasteiger partial charge in [-0.05, 0) is 51.0 Å². The van der Waals surface area contributed by atoms with Crippen LogP contribution in [0.3, 0.4) is 0 Å². The zero-order valence-electron chi connectivity index (χ0n) is 16.5. The SMILES string of the molecule is CN=C(NCC(C)N1CCCC(C)C1)NC1CN(C2CC2)CC1C.I. The third kappa shape index (κ3) is 5.96. The highest BCUT2D eigenvalue weighted by atomic mass is 127. The summed E-state index contributed by atoms with van der Waals surface area (Å²) in [6.45, 7) is 12.9. The van der Waals surface area contributed by atoms with Gasteiger partial charge in [0.1, 0.15) is 0 Å². The summed E-state index contributed by atoms with van der Waals surface area (Å²) in [5, 5.41) is 7.24. The van der Waals surface area contributed by atoms with E-state index in [0.29, 0.717) is 18.0 Å². The highest BCUT2D eigenvalue weighted by molar-refractivity contribution is 14.0. The van der Waals surface area contributed by atoms with Crippen molar-refractivity contribution in [1.29, 1.82) is 0 Å². The zero-order valence-corrected chi connectivity index (χ0v) is 18.8. The molecule has 25 heavy (non-hydrogen) atoms. The van der Waals surface area contributed by atoms with E-state index in [0.717, 1.165) is 24.5 Å². The molecular formula is C19H38IN5. The summed E-state index contributed by atoms with van der Waals surface area (Å²) in [4.78, 5) is 9.75. The first-order valence-electron chi connectivity index (χ1n) is 10.0. The molecule has 3 fully saturated rings. The third-order valence-electron chi connectivity index (χ3n) is 6.13. The number of likely N-dealkylation sites (tertiary alicyclic amines) is 2. The van der Waals surface area contributed by atoms with Crippen LogP contribution in [0.2, 0.25) is 0 Å². The van der Waals surface area contributed by atoms with Gasteiger partial charge in [-0.25, -0.2) is 0 Å². The molecule has 0 aromatic rings. The van der Waals surface area contributed by atoms with E-state index in [2.05, 4.69) is 46.2 Å². The Morgan fingerprint density at radius 3 is 2.56 bits per heavy atom. The van der Waals surface area contributed by atoms with Gasteiger partial charge in [0, 0.05) is 51.4 Å². The summed E-state index contributed by atoms with van der Waals surface area (Å²) in [5.74, 6) is 2.51. The van der Waals surface area contributed by atoms with Gasteiger partial charge in [0.2, 0.25) is 0 Å². The van der Waals surface area contributed by atoms with E-state index < -0.39 is 0 Å². The maximum atomic E-state index is 4.46. The van der Waals surface area contributed by atoms with Gasteiger partial charge in [-0.2, -0.15) is 0 Å². The van der Waals surface area contributed by atoms with E-state index in [1.807, 2.05) is 7.05 Å². The lowest BCUT2D eigenvalue weighted by Gasteiger charge is -2.36. The molecule has 6 heteroatoms. The van der Waals surface area contributed by atoms with Gasteiger partial charge in [0.05, 0.1) is 0 Å². The largest absolute Gasteiger partial charge is 0.355 e. The van der Waals surface area contributed by atoms with Gasteiger partial charge < -0.3 is 10.6 Å². The average Bonchev–Trinajstić information content (AvgIpc) is 3.35. The van der Waals surface area contributed by atoms with Crippen molar-refractivity contribution in [3.63, 3.8) is 0 Å². The van der Waals surface area contributed by atoms with Crippen LogP contribution in [0.15, 0.2) is 4.99 Å². The quantitative estimate of drug-likeness (QED) is 0.373. The minimum absolute atomic E-state index is 0. The summed E-state index contributed by atoms with van der Waals surface area (Å²) >= 11 is 0. The monoisotopic (exact) mass is 463 g/mol. The second-order valence-electron chi connectivity index (χ2n) is 8.46. The number of piperidine rings is 1. The smallest absolute Gasteiger partial charge is 0.191 e. The molecule has 146 valence electrons. The first kappa shape index (κ1) is 21.2. The number of guanidine groups is 1. The summed E-state index contributed by atoms with van der Waals surface area (Å²) in [6.07, 6.45) is 5.53. The van der Waals surface area contributed by atoms with Crippen LogP contribution >= 0.6 is 24.0 Å². The number of hydrogen-bond donors (Lipinski definition) is 2. The highest BCUT2D eigenvalue weighted by Gasteiger charge is 2.38. The van der Waals surface area contributed by atoms with Crippen LogP contribution in [0.5, 0.6) is 0 Å². The van der Waals surface area contributed by atoms with Crippen molar-refractivity contribution in [2.75, 3.05) is 39.8 Å². The molecule has 4 unspecified atom stereocenters. The van der Waals surface area contributed by atoms with E-state index in [1.165, 1.54) is 51.9 Å². The second-order valence-corrected chi connectivity index (χ2v) is 8.46. The standard InChI is InChI=1S/C19H37N5.HI/c1-14-6-5-9-23(11-14)16(3)10-21-19(20-4)22-18-13-24(12-15(18)2)17-7-8-17;/h14-18H,5-13H2,1-4H3,(H2,20,21,22);1H. The van der Waals surface area contributed by atoms with Crippen LogP contribution in [-0.2, 0) is 0 Å². The van der Waals surface area contributed by atoms with Gasteiger partial charge in [-0.3, -0.25) is 14.8 Å². The van der Waals surface area contributed by atoms with Crippen molar-refractivity contribution in [1.82, 2.24) is 20.4 Å². The van der Waals surface area contributed by atoms with Crippen LogP contribution in [0, 0.1) is 11.8 Å². The Hall–Kier alpha value is -0.0800. The van der Waals surface area contributed by atoms with Gasteiger partial charge in [-0.15, -0.1) is 24.0 Å². The fraction of sp³-hybridized carbons (Fsp3) is 0.947. The molecule has 0 bridgehead atoms. The van der Waals surface area contributed by atoms with Crippen LogP contribution in [0.25, 0.3) is 0 Å². The summed E-state index contributed by atoms with van der Waals surface area (Å²) in [6, 6.07) is 1.97. The predicted molar refractivity (Wildman–Crippen MR) is 117 cm³/mol. The van der Waals surface area contributed by atoms with Gasteiger partial charge in [0.15, 0.2) is 5.96 Å². The zero-order chi connectivity index (χ0) is 17.1. The molecule has 0 aromatic heterocycles. The fourth-order valence-electron chi connectivity index (χ4n) is 4.30. The van der Waals surface area contributed by atoms with Crippen molar-refractivity contribution >= 4 is 29.9 Å². The third-order valence-corrected chi connectivity index (χ3v) is 6.13. The molecule has 3 rings (SSSR count). The predicted octanol–water partition coefficient (Wildman–Crippen LogP) is 2.37. The average molecular weight is 463 g/mol. The molecule has 0 aromatic carbocycles. The molecule has 2 N–H and O–H groups in total. The van der Waals surface area contributed by atoms with Crippen LogP contribution in [-0.4, -0.2) is 73.7 Å².